The quantitative estimate of drug-likeness (QED) is 0.372. The topological polar surface area (TPSA) is 130 Å². The second kappa shape index (κ2) is 12.2. The van der Waals surface area contributed by atoms with Gasteiger partial charge in [-0.15, -0.1) is 0 Å². The van der Waals surface area contributed by atoms with Crippen LogP contribution >= 0.6 is 0 Å². The first-order valence-corrected chi connectivity index (χ1v) is 10.9. The number of hydrogen-bond acceptors (Lipinski definition) is 7. The molecule has 0 saturated carbocycles. The molecule has 1 amide bonds. The Hall–Kier alpha value is -3.83. The Morgan fingerprint density at radius 3 is 2.39 bits per heavy atom. The van der Waals surface area contributed by atoms with Gasteiger partial charge in [0.2, 0.25) is 0 Å². The van der Waals surface area contributed by atoms with Crippen molar-refractivity contribution in [2.24, 2.45) is 0 Å². The van der Waals surface area contributed by atoms with Crippen LogP contribution in [0.15, 0.2) is 48.7 Å². The molecule has 3 aromatic rings. The van der Waals surface area contributed by atoms with Gasteiger partial charge < -0.3 is 21.5 Å². The summed E-state index contributed by atoms with van der Waals surface area (Å²) < 4.78 is 38.5. The van der Waals surface area contributed by atoms with Crippen molar-refractivity contribution in [1.82, 2.24) is 15.3 Å². The molecule has 0 aliphatic heterocycles. The number of nitrogens with one attached hydrogen (secondary N) is 2. The average molecular weight is 504 g/mol. The van der Waals surface area contributed by atoms with Gasteiger partial charge in [0, 0.05) is 29.1 Å². The molecule has 0 aliphatic rings. The lowest BCUT2D eigenvalue weighted by Crippen LogP contribution is -2.22. The van der Waals surface area contributed by atoms with Gasteiger partial charge in [-0.25, -0.2) is 9.97 Å². The minimum atomic E-state index is -4.60. The molecule has 36 heavy (non-hydrogen) atoms. The molecule has 1 atom stereocenters. The third-order valence-electron chi connectivity index (χ3n) is 5.08. The first-order valence-electron chi connectivity index (χ1n) is 10.9. The van der Waals surface area contributed by atoms with Crippen LogP contribution in [0, 0.1) is 6.92 Å². The van der Waals surface area contributed by atoms with Crippen molar-refractivity contribution >= 4 is 23.8 Å². The highest BCUT2D eigenvalue weighted by Gasteiger charge is 2.31. The highest BCUT2D eigenvalue weighted by molar-refractivity contribution is 5.94. The number of aryl methyl sites for hydroxylation is 1. The molecule has 1 aromatic carbocycles. The van der Waals surface area contributed by atoms with Gasteiger partial charge >= 0.3 is 6.18 Å². The van der Waals surface area contributed by atoms with E-state index in [9.17, 15) is 27.9 Å². The van der Waals surface area contributed by atoms with Gasteiger partial charge in [0.25, 0.3) is 5.91 Å². The predicted octanol–water partition coefficient (Wildman–Crippen LogP) is 4.15. The van der Waals surface area contributed by atoms with E-state index in [2.05, 4.69) is 34.4 Å². The maximum absolute atomic E-state index is 12.8. The van der Waals surface area contributed by atoms with E-state index in [0.717, 1.165) is 12.1 Å². The fourth-order valence-corrected chi connectivity index (χ4v) is 2.90. The van der Waals surface area contributed by atoms with Gasteiger partial charge in [0.15, 0.2) is 12.4 Å². The number of alkyl halides is 3. The van der Waals surface area contributed by atoms with Gasteiger partial charge in [-0.1, -0.05) is 26.0 Å². The first-order chi connectivity index (χ1) is 16.9. The number of nitrogen functional groups attached to an aromatic ring is 1. The van der Waals surface area contributed by atoms with Gasteiger partial charge in [-0.3, -0.25) is 9.59 Å². The number of amides is 1. The van der Waals surface area contributed by atoms with Crippen molar-refractivity contribution < 1.29 is 27.9 Å². The standard InChI is InChI=1S/C21H17F3N4O3.C4H11N/c1-11-16(13-7-14(10-29)19(25)26-9-13)5-6-17(27-11)28-20(31)18(30)12-3-2-4-15(8-12)21(22,23)24;1-4(2)5-3/h2-10,18,30H,1H3,(H2,25,26)(H,27,28,31);4-5H,1-3H3. The Kier molecular flexibility index (Phi) is 9.65. The van der Waals surface area contributed by atoms with Crippen molar-refractivity contribution in [2.75, 3.05) is 18.1 Å². The van der Waals surface area contributed by atoms with Gasteiger partial charge in [0.1, 0.15) is 11.6 Å². The monoisotopic (exact) mass is 503 g/mol. The number of halogens is 3. The number of pyridine rings is 2. The molecule has 3 rings (SSSR count). The number of anilines is 2. The fourth-order valence-electron chi connectivity index (χ4n) is 2.90. The van der Waals surface area contributed by atoms with E-state index >= 15 is 0 Å². The number of aliphatic hydroxyl groups is 1. The molecule has 1 unspecified atom stereocenters. The first kappa shape index (κ1) is 28.4. The summed E-state index contributed by atoms with van der Waals surface area (Å²) in [5, 5.41) is 15.6. The fraction of sp³-hybridized carbons (Fsp3) is 0.280. The SMILES string of the molecule is CNC(C)C.Cc1nc(NC(=O)C(O)c2cccc(C(F)(F)F)c2)ccc1-c1cnc(N)c(C=O)c1. The number of hydrogen-bond donors (Lipinski definition) is 4. The molecule has 0 bridgehead atoms. The molecule has 0 saturated heterocycles. The third kappa shape index (κ3) is 7.59. The van der Waals surface area contributed by atoms with Crippen molar-refractivity contribution in [1.29, 1.82) is 0 Å². The Morgan fingerprint density at radius 1 is 1.17 bits per heavy atom. The zero-order valence-electron chi connectivity index (χ0n) is 20.2. The van der Waals surface area contributed by atoms with Crippen molar-refractivity contribution in [3.05, 3.63) is 71.0 Å². The van der Waals surface area contributed by atoms with Crippen LogP contribution in [0.3, 0.4) is 0 Å². The largest absolute Gasteiger partial charge is 0.416 e. The summed E-state index contributed by atoms with van der Waals surface area (Å²) in [5.41, 5.74) is 6.36. The van der Waals surface area contributed by atoms with Crippen LogP contribution in [0.4, 0.5) is 24.8 Å². The van der Waals surface area contributed by atoms with Crippen LogP contribution in [-0.2, 0) is 11.0 Å². The summed E-state index contributed by atoms with van der Waals surface area (Å²) in [5.74, 6) is -0.746. The van der Waals surface area contributed by atoms with E-state index in [1.54, 1.807) is 19.1 Å². The van der Waals surface area contributed by atoms with Crippen LogP contribution in [-0.4, -0.2) is 40.4 Å². The molecule has 192 valence electrons. The number of benzene rings is 1. The number of carbonyl (C=O) groups is 2. The van der Waals surface area contributed by atoms with Crippen LogP contribution < -0.4 is 16.4 Å². The van der Waals surface area contributed by atoms with E-state index in [1.165, 1.54) is 18.3 Å². The molecule has 8 nitrogen and oxygen atoms in total. The molecular weight excluding hydrogens is 475 g/mol. The normalized spacial score (nSPS) is 11.9. The number of nitrogens with zero attached hydrogens (tertiary/aromatic N) is 2. The lowest BCUT2D eigenvalue weighted by atomic mass is 10.0. The predicted molar refractivity (Wildman–Crippen MR) is 131 cm³/mol. The Morgan fingerprint density at radius 2 is 1.83 bits per heavy atom. The van der Waals surface area contributed by atoms with Crippen molar-refractivity contribution in [2.45, 2.75) is 39.1 Å². The second-order valence-corrected chi connectivity index (χ2v) is 8.10. The number of rotatable bonds is 6. The zero-order valence-corrected chi connectivity index (χ0v) is 20.2. The van der Waals surface area contributed by atoms with Crippen LogP contribution in [0.5, 0.6) is 0 Å². The van der Waals surface area contributed by atoms with E-state index in [-0.39, 0.29) is 22.8 Å². The van der Waals surface area contributed by atoms with E-state index in [1.807, 2.05) is 7.05 Å². The van der Waals surface area contributed by atoms with E-state index in [4.69, 9.17) is 5.73 Å². The minimum Gasteiger partial charge on any atom is -0.383 e. The lowest BCUT2D eigenvalue weighted by Gasteiger charge is -2.14. The molecule has 0 spiro atoms. The zero-order chi connectivity index (χ0) is 27.0. The maximum atomic E-state index is 12.8. The summed E-state index contributed by atoms with van der Waals surface area (Å²) >= 11 is 0. The molecule has 2 heterocycles. The Bertz CT molecular complexity index is 1220. The summed E-state index contributed by atoms with van der Waals surface area (Å²) in [6.45, 7) is 5.88. The number of aromatic nitrogens is 2. The Labute approximate surface area is 206 Å². The van der Waals surface area contributed by atoms with Crippen molar-refractivity contribution in [3.8, 4) is 11.1 Å². The summed E-state index contributed by atoms with van der Waals surface area (Å²) in [6, 6.07) is 9.15. The molecule has 5 N–H and O–H groups in total. The smallest absolute Gasteiger partial charge is 0.383 e. The molecule has 2 aromatic heterocycles. The number of nitrogens with two attached hydrogens (primary N) is 1. The van der Waals surface area contributed by atoms with Crippen LogP contribution in [0.2, 0.25) is 0 Å². The molecule has 0 fully saturated rings. The molecule has 11 heteroatoms. The summed E-state index contributed by atoms with van der Waals surface area (Å²) in [4.78, 5) is 31.6. The number of aliphatic hydroxyl groups excluding tert-OH is 1. The average Bonchev–Trinajstić information content (AvgIpc) is 2.84. The summed E-state index contributed by atoms with van der Waals surface area (Å²) in [6.07, 6.45) is -4.36. The van der Waals surface area contributed by atoms with E-state index < -0.39 is 23.8 Å². The Balaban J connectivity index is 0.000000830. The van der Waals surface area contributed by atoms with Gasteiger partial charge in [-0.05, 0) is 49.9 Å². The lowest BCUT2D eigenvalue weighted by molar-refractivity contribution is -0.138. The second-order valence-electron chi connectivity index (χ2n) is 8.10. The van der Waals surface area contributed by atoms with E-state index in [0.29, 0.717) is 35.2 Å². The third-order valence-corrected chi connectivity index (χ3v) is 5.08. The molecule has 0 radical (unpaired) electrons. The number of carbonyl (C=O) groups excluding carboxylic acids is 2. The van der Waals surface area contributed by atoms with Gasteiger partial charge in [0.05, 0.1) is 11.1 Å². The molecular formula is C25H28F3N5O3. The molecule has 0 aliphatic carbocycles. The number of aldehydes is 1. The van der Waals surface area contributed by atoms with Gasteiger partial charge in [-0.2, -0.15) is 13.2 Å². The summed E-state index contributed by atoms with van der Waals surface area (Å²) in [7, 11) is 1.95. The highest BCUT2D eigenvalue weighted by Crippen LogP contribution is 2.31. The maximum Gasteiger partial charge on any atom is 0.416 e. The minimum absolute atomic E-state index is 0.0938. The highest BCUT2D eigenvalue weighted by atomic mass is 19.4. The van der Waals surface area contributed by atoms with Crippen LogP contribution in [0.1, 0.15) is 47.1 Å². The van der Waals surface area contributed by atoms with Crippen molar-refractivity contribution in [3.63, 3.8) is 0 Å². The van der Waals surface area contributed by atoms with Crippen LogP contribution in [0.25, 0.3) is 11.1 Å².